The smallest absolute Gasteiger partial charge is 0.406 e. The summed E-state index contributed by atoms with van der Waals surface area (Å²) in [4.78, 5) is 0. The minimum Gasteiger partial charge on any atom is -0.406 e. The zero-order valence-electron chi connectivity index (χ0n) is 10.1. The molecule has 1 nitrogen and oxygen atoms in total. The summed E-state index contributed by atoms with van der Waals surface area (Å²) < 4.78 is 40.6. The number of alkyl halides is 4. The molecule has 0 spiro atoms. The van der Waals surface area contributed by atoms with Crippen LogP contribution in [0.1, 0.15) is 31.7 Å². The molecule has 1 aromatic carbocycles. The lowest BCUT2D eigenvalue weighted by atomic mass is 10.1. The van der Waals surface area contributed by atoms with E-state index in [9.17, 15) is 13.2 Å². The highest BCUT2D eigenvalue weighted by atomic mass is 35.5. The van der Waals surface area contributed by atoms with Gasteiger partial charge in [0, 0.05) is 5.38 Å². The molecule has 0 saturated carbocycles. The van der Waals surface area contributed by atoms with Gasteiger partial charge < -0.3 is 4.74 Å². The Hall–Kier alpha value is -0.900. The fraction of sp³-hybridized carbons (Fsp3) is 0.538. The SMILES string of the molecule is CCCC(Cl)CCc1ccccc1OC(F)(F)F. The Balaban J connectivity index is 2.65. The van der Waals surface area contributed by atoms with Crippen LogP contribution in [0.4, 0.5) is 13.2 Å². The van der Waals surface area contributed by atoms with Crippen LogP contribution in [0.3, 0.4) is 0 Å². The molecule has 0 heterocycles. The quantitative estimate of drug-likeness (QED) is 0.672. The van der Waals surface area contributed by atoms with Crippen LogP contribution in [0.2, 0.25) is 0 Å². The summed E-state index contributed by atoms with van der Waals surface area (Å²) in [6.07, 6.45) is -1.69. The maximum Gasteiger partial charge on any atom is 0.573 e. The molecular formula is C13H16ClF3O. The maximum absolute atomic E-state index is 12.2. The highest BCUT2D eigenvalue weighted by molar-refractivity contribution is 6.20. The monoisotopic (exact) mass is 280 g/mol. The van der Waals surface area contributed by atoms with E-state index in [1.54, 1.807) is 12.1 Å². The maximum atomic E-state index is 12.2. The highest BCUT2D eigenvalue weighted by Gasteiger charge is 2.31. The lowest BCUT2D eigenvalue weighted by Crippen LogP contribution is -2.18. The van der Waals surface area contributed by atoms with Crippen molar-refractivity contribution in [3.8, 4) is 5.75 Å². The lowest BCUT2D eigenvalue weighted by Gasteiger charge is -2.14. The van der Waals surface area contributed by atoms with Gasteiger partial charge in [0.15, 0.2) is 0 Å². The number of ether oxygens (including phenoxy) is 1. The molecule has 5 heteroatoms. The van der Waals surface area contributed by atoms with Gasteiger partial charge in [0.25, 0.3) is 0 Å². The molecular weight excluding hydrogens is 265 g/mol. The predicted octanol–water partition coefficient (Wildman–Crippen LogP) is 4.93. The van der Waals surface area contributed by atoms with Crippen LogP contribution < -0.4 is 4.74 Å². The Labute approximate surface area is 110 Å². The van der Waals surface area contributed by atoms with Crippen molar-refractivity contribution >= 4 is 11.6 Å². The molecule has 1 unspecified atom stereocenters. The molecule has 0 saturated heterocycles. The number of rotatable bonds is 6. The first kappa shape index (κ1) is 15.2. The summed E-state index contributed by atoms with van der Waals surface area (Å²) in [5.41, 5.74) is 0.538. The van der Waals surface area contributed by atoms with Crippen molar-refractivity contribution in [2.75, 3.05) is 0 Å². The largest absolute Gasteiger partial charge is 0.573 e. The van der Waals surface area contributed by atoms with Crippen molar-refractivity contribution in [2.45, 2.75) is 44.3 Å². The average Bonchev–Trinajstić information content (AvgIpc) is 2.26. The van der Waals surface area contributed by atoms with Crippen molar-refractivity contribution in [2.24, 2.45) is 0 Å². The van der Waals surface area contributed by atoms with Gasteiger partial charge in [-0.2, -0.15) is 0 Å². The number of para-hydroxylation sites is 1. The van der Waals surface area contributed by atoms with Gasteiger partial charge in [-0.3, -0.25) is 0 Å². The summed E-state index contributed by atoms with van der Waals surface area (Å²) >= 11 is 6.05. The fourth-order valence-electron chi connectivity index (χ4n) is 1.70. The second kappa shape index (κ2) is 6.88. The Morgan fingerprint density at radius 3 is 2.50 bits per heavy atom. The molecule has 102 valence electrons. The van der Waals surface area contributed by atoms with E-state index < -0.39 is 6.36 Å². The molecule has 0 N–H and O–H groups in total. The first-order valence-corrected chi connectivity index (χ1v) is 6.33. The van der Waals surface area contributed by atoms with Gasteiger partial charge >= 0.3 is 6.36 Å². The van der Waals surface area contributed by atoms with E-state index in [0.29, 0.717) is 18.4 Å². The standard InChI is InChI=1S/C13H16ClF3O/c1-2-5-11(14)9-8-10-6-3-4-7-12(10)18-13(15,16)17/h3-4,6-7,11H,2,5,8-9H2,1H3. The van der Waals surface area contributed by atoms with Gasteiger partial charge in [0.1, 0.15) is 5.75 Å². The fourth-order valence-corrected chi connectivity index (χ4v) is 2.03. The van der Waals surface area contributed by atoms with E-state index in [-0.39, 0.29) is 11.1 Å². The summed E-state index contributed by atoms with van der Waals surface area (Å²) in [6.45, 7) is 2.02. The summed E-state index contributed by atoms with van der Waals surface area (Å²) in [7, 11) is 0. The first-order valence-electron chi connectivity index (χ1n) is 5.90. The first-order chi connectivity index (χ1) is 8.42. The second-order valence-electron chi connectivity index (χ2n) is 4.08. The normalized spacial score (nSPS) is 13.4. The van der Waals surface area contributed by atoms with E-state index in [1.807, 2.05) is 6.92 Å². The highest BCUT2D eigenvalue weighted by Crippen LogP contribution is 2.27. The molecule has 0 bridgehead atoms. The number of halogens is 4. The van der Waals surface area contributed by atoms with Crippen LogP contribution in [0, 0.1) is 0 Å². The van der Waals surface area contributed by atoms with Gasteiger partial charge in [-0.1, -0.05) is 31.5 Å². The number of aryl methyl sites for hydroxylation is 1. The second-order valence-corrected chi connectivity index (χ2v) is 4.70. The molecule has 0 aromatic heterocycles. The van der Waals surface area contributed by atoms with Crippen LogP contribution in [0.5, 0.6) is 5.75 Å². The third kappa shape index (κ3) is 5.63. The van der Waals surface area contributed by atoms with E-state index in [2.05, 4.69) is 4.74 Å². The Bertz CT molecular complexity index is 365. The van der Waals surface area contributed by atoms with E-state index in [0.717, 1.165) is 12.8 Å². The summed E-state index contributed by atoms with van der Waals surface area (Å²) in [5.74, 6) is -0.134. The van der Waals surface area contributed by atoms with Crippen LogP contribution in [-0.2, 0) is 6.42 Å². The summed E-state index contributed by atoms with van der Waals surface area (Å²) in [6, 6.07) is 6.18. The summed E-state index contributed by atoms with van der Waals surface area (Å²) in [5, 5.41) is -0.00561. The molecule has 0 aliphatic heterocycles. The Kier molecular flexibility index (Phi) is 5.79. The third-order valence-corrected chi connectivity index (χ3v) is 2.96. The number of hydrogen-bond donors (Lipinski definition) is 0. The number of hydrogen-bond acceptors (Lipinski definition) is 1. The average molecular weight is 281 g/mol. The number of benzene rings is 1. The van der Waals surface area contributed by atoms with Crippen molar-refractivity contribution in [3.63, 3.8) is 0 Å². The molecule has 0 aliphatic rings. The molecule has 1 atom stereocenters. The molecule has 1 rings (SSSR count). The van der Waals surface area contributed by atoms with Crippen molar-refractivity contribution in [1.29, 1.82) is 0 Å². The third-order valence-electron chi connectivity index (χ3n) is 2.53. The van der Waals surface area contributed by atoms with Crippen molar-refractivity contribution < 1.29 is 17.9 Å². The van der Waals surface area contributed by atoms with Gasteiger partial charge in [-0.15, -0.1) is 24.8 Å². The molecule has 0 amide bonds. The molecule has 0 fully saturated rings. The van der Waals surface area contributed by atoms with E-state index in [4.69, 9.17) is 11.6 Å². The van der Waals surface area contributed by atoms with Crippen LogP contribution in [0.15, 0.2) is 24.3 Å². The van der Waals surface area contributed by atoms with Gasteiger partial charge in [-0.25, -0.2) is 0 Å². The van der Waals surface area contributed by atoms with E-state index >= 15 is 0 Å². The van der Waals surface area contributed by atoms with Crippen LogP contribution >= 0.6 is 11.6 Å². The van der Waals surface area contributed by atoms with Gasteiger partial charge in [0.2, 0.25) is 0 Å². The topological polar surface area (TPSA) is 9.23 Å². The van der Waals surface area contributed by atoms with Crippen molar-refractivity contribution in [1.82, 2.24) is 0 Å². The molecule has 1 aromatic rings. The molecule has 0 aliphatic carbocycles. The van der Waals surface area contributed by atoms with Crippen LogP contribution in [0.25, 0.3) is 0 Å². The van der Waals surface area contributed by atoms with Crippen molar-refractivity contribution in [3.05, 3.63) is 29.8 Å². The van der Waals surface area contributed by atoms with E-state index in [1.165, 1.54) is 12.1 Å². The molecule has 18 heavy (non-hydrogen) atoms. The van der Waals surface area contributed by atoms with Gasteiger partial charge in [-0.05, 0) is 30.9 Å². The minimum absolute atomic E-state index is 0.00561. The lowest BCUT2D eigenvalue weighted by molar-refractivity contribution is -0.274. The molecule has 0 radical (unpaired) electrons. The Morgan fingerprint density at radius 2 is 1.89 bits per heavy atom. The zero-order valence-corrected chi connectivity index (χ0v) is 10.9. The predicted molar refractivity (Wildman–Crippen MR) is 66.0 cm³/mol. The van der Waals surface area contributed by atoms with Gasteiger partial charge in [0.05, 0.1) is 0 Å². The van der Waals surface area contributed by atoms with Crippen LogP contribution in [-0.4, -0.2) is 11.7 Å². The Morgan fingerprint density at radius 1 is 1.22 bits per heavy atom. The minimum atomic E-state index is -4.65. The zero-order chi connectivity index (χ0) is 13.6.